The molecule has 0 amide bonds. The zero-order valence-corrected chi connectivity index (χ0v) is 17.3. The Bertz CT molecular complexity index is 1200. The lowest BCUT2D eigenvalue weighted by Crippen LogP contribution is -2.20. The Hall–Kier alpha value is -2.76. The number of aliphatic hydroxyl groups is 1. The van der Waals surface area contributed by atoms with Crippen molar-refractivity contribution in [3.8, 4) is 33.2 Å². The molecule has 1 aromatic carbocycles. The van der Waals surface area contributed by atoms with E-state index in [2.05, 4.69) is 15.2 Å². The van der Waals surface area contributed by atoms with Gasteiger partial charge in [0.1, 0.15) is 16.5 Å². The van der Waals surface area contributed by atoms with Crippen molar-refractivity contribution >= 4 is 22.9 Å². The number of rotatable bonds is 5. The van der Waals surface area contributed by atoms with Crippen LogP contribution in [0.4, 0.5) is 17.6 Å². The quantitative estimate of drug-likeness (QED) is 0.387. The first-order valence-electron chi connectivity index (χ1n) is 8.83. The number of halogens is 5. The highest BCUT2D eigenvalue weighted by molar-refractivity contribution is 7.13. The molecule has 3 heterocycles. The predicted molar refractivity (Wildman–Crippen MR) is 106 cm³/mol. The molecule has 6 nitrogen and oxygen atoms in total. The van der Waals surface area contributed by atoms with Crippen molar-refractivity contribution in [1.82, 2.24) is 19.9 Å². The molecule has 1 N–H and O–H groups in total. The normalized spacial score (nSPS) is 13.0. The van der Waals surface area contributed by atoms with Crippen LogP contribution in [-0.2, 0) is 12.7 Å². The number of aromatic nitrogens is 4. The average Bonchev–Trinajstić information content (AvgIpc) is 3.38. The van der Waals surface area contributed by atoms with Crippen LogP contribution in [0.5, 0.6) is 0 Å². The Morgan fingerprint density at radius 1 is 1.29 bits per heavy atom. The third-order valence-electron chi connectivity index (χ3n) is 4.33. The summed E-state index contributed by atoms with van der Waals surface area (Å²) in [6.45, 7) is 0.955. The molecule has 4 rings (SSSR count). The van der Waals surface area contributed by atoms with E-state index >= 15 is 0 Å². The van der Waals surface area contributed by atoms with Crippen molar-refractivity contribution in [2.45, 2.75) is 25.7 Å². The first-order valence-corrected chi connectivity index (χ1v) is 10.1. The molecule has 0 fully saturated rings. The maximum atomic E-state index is 14.6. The Morgan fingerprint density at radius 2 is 2.06 bits per heavy atom. The lowest BCUT2D eigenvalue weighted by atomic mass is 10.0. The Morgan fingerprint density at radius 3 is 2.68 bits per heavy atom. The fourth-order valence-corrected chi connectivity index (χ4v) is 4.09. The summed E-state index contributed by atoms with van der Waals surface area (Å²) in [5, 5.41) is 19.1. The highest BCUT2D eigenvalue weighted by Gasteiger charge is 2.41. The number of aliphatic hydroxyl groups excluding tert-OH is 1. The average molecular weight is 473 g/mol. The van der Waals surface area contributed by atoms with Crippen LogP contribution in [0, 0.1) is 5.82 Å². The van der Waals surface area contributed by atoms with E-state index in [4.69, 9.17) is 16.1 Å². The van der Waals surface area contributed by atoms with Crippen molar-refractivity contribution < 1.29 is 27.2 Å². The van der Waals surface area contributed by atoms with Crippen LogP contribution >= 0.6 is 22.9 Å². The molecule has 4 aromatic rings. The summed E-state index contributed by atoms with van der Waals surface area (Å²) in [7, 11) is 0. The Labute approximate surface area is 181 Å². The van der Waals surface area contributed by atoms with Gasteiger partial charge in [-0.15, -0.1) is 11.3 Å². The van der Waals surface area contributed by atoms with Crippen molar-refractivity contribution in [2.75, 3.05) is 0 Å². The molecule has 0 aliphatic heterocycles. The number of alkyl halides is 3. The van der Waals surface area contributed by atoms with Gasteiger partial charge >= 0.3 is 6.18 Å². The lowest BCUT2D eigenvalue weighted by molar-refractivity contribution is -0.144. The van der Waals surface area contributed by atoms with E-state index in [0.717, 1.165) is 23.6 Å². The zero-order chi connectivity index (χ0) is 22.3. The van der Waals surface area contributed by atoms with E-state index in [1.165, 1.54) is 25.3 Å². The molecule has 0 bridgehead atoms. The zero-order valence-electron chi connectivity index (χ0n) is 15.7. The molecule has 0 radical (unpaired) electrons. The summed E-state index contributed by atoms with van der Waals surface area (Å²) < 4.78 is 62.3. The van der Waals surface area contributed by atoms with Crippen LogP contribution in [-0.4, -0.2) is 31.1 Å². The fourth-order valence-electron chi connectivity index (χ4n) is 3.15. The predicted octanol–water partition coefficient (Wildman–Crippen LogP) is 5.52. The number of hydrogen-bond acceptors (Lipinski definition) is 6. The van der Waals surface area contributed by atoms with Crippen molar-refractivity contribution in [2.24, 2.45) is 0 Å². The molecule has 0 saturated carbocycles. The molecular formula is C19H13ClF4N4O2S. The van der Waals surface area contributed by atoms with E-state index in [1.807, 2.05) is 0 Å². The Kier molecular flexibility index (Phi) is 5.58. The van der Waals surface area contributed by atoms with Gasteiger partial charge in [-0.05, 0) is 19.1 Å². The van der Waals surface area contributed by atoms with Gasteiger partial charge in [0.2, 0.25) is 0 Å². The van der Waals surface area contributed by atoms with Gasteiger partial charge in [0.05, 0.1) is 40.6 Å². The number of hydrogen-bond donors (Lipinski definition) is 1. The summed E-state index contributed by atoms with van der Waals surface area (Å²) in [6, 6.07) is 3.98. The first-order chi connectivity index (χ1) is 14.7. The Balaban J connectivity index is 2.00. The molecule has 162 valence electrons. The summed E-state index contributed by atoms with van der Waals surface area (Å²) in [5.41, 5.74) is -1.68. The molecule has 12 heteroatoms. The highest BCUT2D eigenvalue weighted by Crippen LogP contribution is 2.46. The minimum atomic E-state index is -4.82. The monoisotopic (exact) mass is 472 g/mol. The molecule has 3 aromatic heterocycles. The molecule has 0 spiro atoms. The van der Waals surface area contributed by atoms with Crippen LogP contribution < -0.4 is 0 Å². The largest absolute Gasteiger partial charge is 0.433 e. The maximum Gasteiger partial charge on any atom is 0.433 e. The van der Waals surface area contributed by atoms with Crippen molar-refractivity contribution in [3.05, 3.63) is 52.5 Å². The molecule has 1 unspecified atom stereocenters. The van der Waals surface area contributed by atoms with E-state index in [-0.39, 0.29) is 39.2 Å². The van der Waals surface area contributed by atoms with Crippen LogP contribution in [0.25, 0.3) is 33.2 Å². The maximum absolute atomic E-state index is 14.6. The van der Waals surface area contributed by atoms with E-state index in [0.29, 0.717) is 4.68 Å². The van der Waals surface area contributed by atoms with Crippen LogP contribution in [0.1, 0.15) is 12.6 Å². The number of nitrogens with zero attached hydrogens (tertiary/aromatic N) is 4. The minimum Gasteiger partial charge on any atom is -0.391 e. The summed E-state index contributed by atoms with van der Waals surface area (Å²) >= 11 is 7.27. The second kappa shape index (κ2) is 8.06. The fraction of sp³-hybridized carbons (Fsp3) is 0.211. The third kappa shape index (κ3) is 3.95. The van der Waals surface area contributed by atoms with Gasteiger partial charge in [-0.25, -0.2) is 9.37 Å². The standard InChI is InChI=1S/C19H13ClF4N4O2S/c1-9(29)8-28-17(19(22,23)24)10(7-26-28)16-14(18-25-5-6-31-18)15(27-30-16)13-11(20)3-2-4-12(13)21/h2-7,9,29H,8H2,1H3. The van der Waals surface area contributed by atoms with Gasteiger partial charge in [-0.2, -0.15) is 18.3 Å². The SMILES string of the molecule is CC(O)Cn1ncc(-c2onc(-c3c(F)cccc3Cl)c2-c2nccs2)c1C(F)(F)F. The summed E-state index contributed by atoms with van der Waals surface area (Å²) in [5.74, 6) is -1.00. The number of thiazole rings is 1. The van der Waals surface area contributed by atoms with E-state index in [1.54, 1.807) is 5.38 Å². The van der Waals surface area contributed by atoms with Gasteiger partial charge in [-0.1, -0.05) is 22.8 Å². The summed E-state index contributed by atoms with van der Waals surface area (Å²) in [6.07, 6.45) is -3.47. The molecule has 0 saturated heterocycles. The topological polar surface area (TPSA) is 77.0 Å². The van der Waals surface area contributed by atoms with E-state index in [9.17, 15) is 22.7 Å². The lowest BCUT2D eigenvalue weighted by Gasteiger charge is -2.13. The third-order valence-corrected chi connectivity index (χ3v) is 5.43. The number of benzene rings is 1. The molecule has 0 aliphatic carbocycles. The second-order valence-corrected chi connectivity index (χ2v) is 7.91. The van der Waals surface area contributed by atoms with Gasteiger partial charge in [0, 0.05) is 11.6 Å². The molecular weight excluding hydrogens is 460 g/mol. The van der Waals surface area contributed by atoms with Crippen LogP contribution in [0.3, 0.4) is 0 Å². The van der Waals surface area contributed by atoms with Crippen molar-refractivity contribution in [1.29, 1.82) is 0 Å². The van der Waals surface area contributed by atoms with Gasteiger partial charge in [0.15, 0.2) is 11.5 Å². The van der Waals surface area contributed by atoms with Gasteiger partial charge in [-0.3, -0.25) is 4.68 Å². The highest BCUT2D eigenvalue weighted by atomic mass is 35.5. The molecule has 1 atom stereocenters. The van der Waals surface area contributed by atoms with E-state index < -0.39 is 29.4 Å². The summed E-state index contributed by atoms with van der Waals surface area (Å²) in [4.78, 5) is 4.14. The second-order valence-electron chi connectivity index (χ2n) is 6.60. The molecule has 0 aliphatic rings. The first kappa shape index (κ1) is 21.5. The molecule has 31 heavy (non-hydrogen) atoms. The minimum absolute atomic E-state index is 0.0125. The van der Waals surface area contributed by atoms with Gasteiger partial charge in [0.25, 0.3) is 0 Å². The smallest absolute Gasteiger partial charge is 0.391 e. The van der Waals surface area contributed by atoms with Crippen LogP contribution in [0.2, 0.25) is 5.02 Å². The van der Waals surface area contributed by atoms with Gasteiger partial charge < -0.3 is 9.63 Å². The van der Waals surface area contributed by atoms with Crippen molar-refractivity contribution in [3.63, 3.8) is 0 Å². The van der Waals surface area contributed by atoms with Crippen LogP contribution in [0.15, 0.2) is 40.5 Å².